The van der Waals surface area contributed by atoms with Gasteiger partial charge < -0.3 is 13.9 Å². The molecule has 4 aromatic rings. The number of morpholine rings is 1. The van der Waals surface area contributed by atoms with E-state index in [0.717, 1.165) is 24.0 Å². The number of benzene rings is 2. The van der Waals surface area contributed by atoms with Crippen LogP contribution >= 0.6 is 0 Å². The number of fused-ring (bicyclic) bond motifs is 2. The minimum absolute atomic E-state index is 0.0208. The molecule has 5 rings (SSSR count). The van der Waals surface area contributed by atoms with Crippen LogP contribution < -0.4 is 4.74 Å². The number of ketones is 2. The van der Waals surface area contributed by atoms with Gasteiger partial charge in [-0.3, -0.25) is 19.5 Å². The van der Waals surface area contributed by atoms with Gasteiger partial charge in [0.1, 0.15) is 28.7 Å². The Kier molecular flexibility index (Phi) is 6.99. The van der Waals surface area contributed by atoms with E-state index in [4.69, 9.17) is 13.9 Å². The molecule has 0 bridgehead atoms. The first-order chi connectivity index (χ1) is 18.0. The van der Waals surface area contributed by atoms with Gasteiger partial charge in [0.05, 0.1) is 30.8 Å². The maximum absolute atomic E-state index is 12.7. The quantitative estimate of drug-likeness (QED) is 0.314. The molecular weight excluding hydrogens is 470 g/mol. The van der Waals surface area contributed by atoms with E-state index in [1.54, 1.807) is 25.1 Å². The number of carbonyl (C=O) groups excluding carboxylic acids is 2. The molecule has 1 aliphatic rings. The van der Waals surface area contributed by atoms with Crippen LogP contribution in [-0.4, -0.2) is 54.3 Å². The van der Waals surface area contributed by atoms with Crippen molar-refractivity contribution in [2.45, 2.75) is 26.7 Å². The van der Waals surface area contributed by atoms with Crippen molar-refractivity contribution in [3.05, 3.63) is 65.0 Å². The van der Waals surface area contributed by atoms with Crippen LogP contribution in [0.1, 0.15) is 40.6 Å². The monoisotopic (exact) mass is 497 g/mol. The Hall–Kier alpha value is -4.06. The zero-order valence-electron chi connectivity index (χ0n) is 20.9. The summed E-state index contributed by atoms with van der Waals surface area (Å²) >= 11 is 0. The number of nitrogens with zero attached hydrogens (tertiary/aromatic N) is 3. The third-order valence-corrected chi connectivity index (χ3v) is 6.57. The predicted molar refractivity (Wildman–Crippen MR) is 138 cm³/mol. The number of ether oxygens (including phenoxy) is 2. The number of carbonyl (C=O) groups is 2. The molecule has 1 fully saturated rings. The van der Waals surface area contributed by atoms with Gasteiger partial charge >= 0.3 is 0 Å². The topological polar surface area (TPSA) is 106 Å². The fourth-order valence-electron chi connectivity index (χ4n) is 4.71. The molecule has 2 aromatic carbocycles. The van der Waals surface area contributed by atoms with E-state index in [0.29, 0.717) is 65.5 Å². The first-order valence-corrected chi connectivity index (χ1v) is 12.3. The van der Waals surface area contributed by atoms with E-state index >= 15 is 0 Å². The average Bonchev–Trinajstić information content (AvgIpc) is 3.24. The Labute approximate surface area is 214 Å². The van der Waals surface area contributed by atoms with Crippen LogP contribution in [0.15, 0.2) is 47.0 Å². The molecule has 1 saturated heterocycles. The van der Waals surface area contributed by atoms with Crippen LogP contribution in [0.5, 0.6) is 11.5 Å². The molecule has 0 spiro atoms. The van der Waals surface area contributed by atoms with Gasteiger partial charge in [-0.1, -0.05) is 13.0 Å². The normalized spacial score (nSPS) is 14.1. The van der Waals surface area contributed by atoms with Gasteiger partial charge in [0.15, 0.2) is 17.3 Å². The smallest absolute Gasteiger partial charge is 0.166 e. The maximum atomic E-state index is 12.7. The molecule has 0 unspecified atom stereocenters. The summed E-state index contributed by atoms with van der Waals surface area (Å²) in [5.41, 5.74) is 2.89. The zero-order valence-corrected chi connectivity index (χ0v) is 20.9. The van der Waals surface area contributed by atoms with Crippen LogP contribution in [0.3, 0.4) is 0 Å². The summed E-state index contributed by atoms with van der Waals surface area (Å²) < 4.78 is 17.4. The largest absolute Gasteiger partial charge is 0.460 e. The van der Waals surface area contributed by atoms with Crippen molar-refractivity contribution >= 4 is 33.4 Å². The van der Waals surface area contributed by atoms with E-state index in [9.17, 15) is 14.9 Å². The number of aryl methyl sites for hydroxylation is 1. The standard InChI is InChI=1S/C29H27N3O5/c1-3-26(34)28-18(2)36-27-14-22(5-6-23(27)28)37-29-20(15-30)16-31-25-7-4-19(13-24(25)29)12-21(33)17-32-8-10-35-11-9-32/h4-7,13-14,16H,3,8-12,17H2,1-2H3. The van der Waals surface area contributed by atoms with Gasteiger partial charge in [0.25, 0.3) is 0 Å². The Morgan fingerprint density at radius 3 is 2.70 bits per heavy atom. The van der Waals surface area contributed by atoms with E-state index in [1.165, 1.54) is 6.20 Å². The second-order valence-electron chi connectivity index (χ2n) is 9.14. The van der Waals surface area contributed by atoms with Crippen molar-refractivity contribution in [3.63, 3.8) is 0 Å². The van der Waals surface area contributed by atoms with Crippen LogP contribution in [0.4, 0.5) is 0 Å². The minimum Gasteiger partial charge on any atom is -0.460 e. The summed E-state index contributed by atoms with van der Waals surface area (Å²) in [5, 5.41) is 11.1. The van der Waals surface area contributed by atoms with Gasteiger partial charge in [-0.2, -0.15) is 5.26 Å². The lowest BCUT2D eigenvalue weighted by Crippen LogP contribution is -2.39. The molecule has 8 heteroatoms. The number of hydrogen-bond acceptors (Lipinski definition) is 8. The van der Waals surface area contributed by atoms with Crippen LogP contribution in [-0.2, 0) is 16.0 Å². The minimum atomic E-state index is 0.0208. The van der Waals surface area contributed by atoms with E-state index in [2.05, 4.69) is 16.0 Å². The number of pyridine rings is 1. The third kappa shape index (κ3) is 5.10. The molecule has 8 nitrogen and oxygen atoms in total. The average molecular weight is 498 g/mol. The van der Waals surface area contributed by atoms with Crippen molar-refractivity contribution in [2.24, 2.45) is 0 Å². The molecular formula is C29H27N3O5. The highest BCUT2D eigenvalue weighted by molar-refractivity contribution is 6.08. The number of Topliss-reactive ketones (excluding diaryl/α,β-unsaturated/α-hetero) is 2. The molecule has 0 atom stereocenters. The highest BCUT2D eigenvalue weighted by Gasteiger charge is 2.19. The summed E-state index contributed by atoms with van der Waals surface area (Å²) in [6.45, 7) is 6.77. The zero-order chi connectivity index (χ0) is 25.9. The first kappa shape index (κ1) is 24.6. The van der Waals surface area contributed by atoms with E-state index in [-0.39, 0.29) is 23.6 Å². The van der Waals surface area contributed by atoms with Crippen molar-refractivity contribution in [1.29, 1.82) is 5.26 Å². The number of rotatable bonds is 8. The third-order valence-electron chi connectivity index (χ3n) is 6.57. The van der Waals surface area contributed by atoms with E-state index in [1.807, 2.05) is 25.1 Å². The molecule has 188 valence electrons. The lowest BCUT2D eigenvalue weighted by Gasteiger charge is -2.25. The van der Waals surface area contributed by atoms with Gasteiger partial charge in [-0.25, -0.2) is 0 Å². The molecule has 1 aliphatic heterocycles. The predicted octanol–water partition coefficient (Wildman–Crippen LogP) is 4.99. The number of nitriles is 1. The van der Waals surface area contributed by atoms with Crippen LogP contribution in [0.2, 0.25) is 0 Å². The highest BCUT2D eigenvalue weighted by Crippen LogP contribution is 2.36. The lowest BCUT2D eigenvalue weighted by molar-refractivity contribution is -0.120. The summed E-state index contributed by atoms with van der Waals surface area (Å²) in [4.78, 5) is 31.6. The second kappa shape index (κ2) is 10.5. The van der Waals surface area contributed by atoms with Gasteiger partial charge in [-0.15, -0.1) is 0 Å². The molecule has 0 saturated carbocycles. The maximum Gasteiger partial charge on any atom is 0.166 e. The van der Waals surface area contributed by atoms with Gasteiger partial charge in [0, 0.05) is 49.0 Å². The highest BCUT2D eigenvalue weighted by atomic mass is 16.5. The molecule has 0 N–H and O–H groups in total. The Morgan fingerprint density at radius 2 is 1.95 bits per heavy atom. The van der Waals surface area contributed by atoms with Crippen LogP contribution in [0, 0.1) is 18.3 Å². The van der Waals surface area contributed by atoms with Crippen molar-refractivity contribution < 1.29 is 23.5 Å². The molecule has 0 amide bonds. The Bertz CT molecular complexity index is 1540. The number of furan rings is 1. The molecule has 3 heterocycles. The summed E-state index contributed by atoms with van der Waals surface area (Å²) in [6.07, 6.45) is 2.14. The van der Waals surface area contributed by atoms with Crippen molar-refractivity contribution in [2.75, 3.05) is 32.8 Å². The molecule has 2 aromatic heterocycles. The van der Waals surface area contributed by atoms with Crippen molar-refractivity contribution in [3.8, 4) is 17.6 Å². The summed E-state index contributed by atoms with van der Waals surface area (Å²) in [5.74, 6) is 1.53. The first-order valence-electron chi connectivity index (χ1n) is 12.3. The Morgan fingerprint density at radius 1 is 1.14 bits per heavy atom. The molecule has 37 heavy (non-hydrogen) atoms. The van der Waals surface area contributed by atoms with Crippen LogP contribution in [0.25, 0.3) is 21.9 Å². The lowest BCUT2D eigenvalue weighted by atomic mass is 10.0. The molecule has 0 aliphatic carbocycles. The summed E-state index contributed by atoms with van der Waals surface area (Å²) in [7, 11) is 0. The summed E-state index contributed by atoms with van der Waals surface area (Å²) in [6, 6.07) is 13.0. The SMILES string of the molecule is CCC(=O)c1c(C)oc2cc(Oc3c(C#N)cnc4ccc(CC(=O)CN5CCOCC5)cc34)ccc12. The second-order valence-corrected chi connectivity index (χ2v) is 9.14. The number of aromatic nitrogens is 1. The van der Waals surface area contributed by atoms with Gasteiger partial charge in [-0.05, 0) is 36.8 Å². The molecule has 0 radical (unpaired) electrons. The van der Waals surface area contributed by atoms with Crippen molar-refractivity contribution in [1.82, 2.24) is 9.88 Å². The van der Waals surface area contributed by atoms with E-state index < -0.39 is 0 Å². The fourth-order valence-corrected chi connectivity index (χ4v) is 4.71. The Balaban J connectivity index is 1.46. The van der Waals surface area contributed by atoms with Gasteiger partial charge in [0.2, 0.25) is 0 Å². The fraction of sp³-hybridized carbons (Fsp3) is 0.310. The number of hydrogen-bond donors (Lipinski definition) is 0.